The first-order valence-corrected chi connectivity index (χ1v) is 7.35. The van der Waals surface area contributed by atoms with E-state index in [0.29, 0.717) is 11.1 Å². The van der Waals surface area contributed by atoms with Crippen molar-refractivity contribution in [3.05, 3.63) is 58.9 Å². The highest BCUT2D eigenvalue weighted by atomic mass is 16.5. The number of fused-ring (bicyclic) bond motifs is 1. The summed E-state index contributed by atoms with van der Waals surface area (Å²) >= 11 is 0. The molecule has 0 amide bonds. The summed E-state index contributed by atoms with van der Waals surface area (Å²) in [5.74, 6) is 0.200. The SMILES string of the molecule is COC(=O)Cn1nc(-c2ccc(OC)cc2)c2ccccc2c1=O. The molecule has 0 unspecified atom stereocenters. The molecule has 0 aliphatic carbocycles. The van der Waals surface area contributed by atoms with Gasteiger partial charge in [0.05, 0.1) is 25.3 Å². The molecule has 3 aromatic rings. The summed E-state index contributed by atoms with van der Waals surface area (Å²) in [5.41, 5.74) is 1.12. The Bertz CT molecular complexity index is 945. The number of aromatic nitrogens is 2. The molecule has 0 fully saturated rings. The summed E-state index contributed by atoms with van der Waals surface area (Å²) in [6, 6.07) is 14.6. The highest BCUT2D eigenvalue weighted by Crippen LogP contribution is 2.26. The van der Waals surface area contributed by atoms with E-state index in [1.54, 1.807) is 19.2 Å². The van der Waals surface area contributed by atoms with Gasteiger partial charge >= 0.3 is 5.97 Å². The van der Waals surface area contributed by atoms with Crippen LogP contribution in [0.15, 0.2) is 53.3 Å². The van der Waals surface area contributed by atoms with E-state index in [0.717, 1.165) is 21.4 Å². The monoisotopic (exact) mass is 324 g/mol. The molecule has 3 rings (SSSR count). The largest absolute Gasteiger partial charge is 0.497 e. The Kier molecular flexibility index (Phi) is 4.29. The van der Waals surface area contributed by atoms with Gasteiger partial charge in [-0.25, -0.2) is 4.68 Å². The molecule has 24 heavy (non-hydrogen) atoms. The van der Waals surface area contributed by atoms with Gasteiger partial charge in [-0.05, 0) is 30.3 Å². The molecule has 1 heterocycles. The Morgan fingerprint density at radius 1 is 1.04 bits per heavy atom. The molecular weight excluding hydrogens is 308 g/mol. The number of carbonyl (C=O) groups is 1. The van der Waals surface area contributed by atoms with E-state index in [2.05, 4.69) is 9.84 Å². The van der Waals surface area contributed by atoms with Gasteiger partial charge in [0.15, 0.2) is 0 Å². The molecule has 0 aliphatic rings. The second-order valence-electron chi connectivity index (χ2n) is 5.16. The minimum absolute atomic E-state index is 0.233. The van der Waals surface area contributed by atoms with Gasteiger partial charge in [0.25, 0.3) is 5.56 Å². The van der Waals surface area contributed by atoms with E-state index >= 15 is 0 Å². The third-order valence-electron chi connectivity index (χ3n) is 3.74. The number of carbonyl (C=O) groups excluding carboxylic acids is 1. The Labute approximate surface area is 138 Å². The first kappa shape index (κ1) is 15.7. The van der Waals surface area contributed by atoms with Crippen LogP contribution in [0.2, 0.25) is 0 Å². The molecular formula is C18H16N2O4. The van der Waals surface area contributed by atoms with E-state index < -0.39 is 5.97 Å². The molecule has 0 radical (unpaired) electrons. The molecule has 0 saturated carbocycles. The van der Waals surface area contributed by atoms with Gasteiger partial charge in [-0.15, -0.1) is 0 Å². The molecule has 1 aromatic heterocycles. The fraction of sp³-hybridized carbons (Fsp3) is 0.167. The van der Waals surface area contributed by atoms with Gasteiger partial charge in [0.1, 0.15) is 12.3 Å². The second kappa shape index (κ2) is 6.54. The minimum Gasteiger partial charge on any atom is -0.497 e. The Hall–Kier alpha value is -3.15. The van der Waals surface area contributed by atoms with Crippen LogP contribution in [0.25, 0.3) is 22.0 Å². The number of hydrogen-bond acceptors (Lipinski definition) is 5. The molecule has 2 aromatic carbocycles. The van der Waals surface area contributed by atoms with Crippen molar-refractivity contribution in [2.45, 2.75) is 6.54 Å². The zero-order valence-corrected chi connectivity index (χ0v) is 13.4. The van der Waals surface area contributed by atoms with Gasteiger partial charge in [-0.1, -0.05) is 18.2 Å². The standard InChI is InChI=1S/C18H16N2O4/c1-23-13-9-7-12(8-10-13)17-14-5-3-4-6-15(14)18(22)20(19-17)11-16(21)24-2/h3-10H,11H2,1-2H3. The van der Waals surface area contributed by atoms with Crippen LogP contribution in [-0.4, -0.2) is 30.0 Å². The van der Waals surface area contributed by atoms with Crippen LogP contribution in [0.3, 0.4) is 0 Å². The van der Waals surface area contributed by atoms with E-state index in [1.807, 2.05) is 36.4 Å². The summed E-state index contributed by atoms with van der Waals surface area (Å²) in [6.45, 7) is -0.233. The Morgan fingerprint density at radius 2 is 1.71 bits per heavy atom. The van der Waals surface area contributed by atoms with Crippen molar-refractivity contribution in [3.8, 4) is 17.0 Å². The maximum atomic E-state index is 12.5. The van der Waals surface area contributed by atoms with Crippen LogP contribution in [0.5, 0.6) is 5.75 Å². The summed E-state index contributed by atoms with van der Waals surface area (Å²) in [6.07, 6.45) is 0. The number of esters is 1. The van der Waals surface area contributed by atoms with E-state index in [1.165, 1.54) is 7.11 Å². The van der Waals surface area contributed by atoms with Gasteiger partial charge in [0, 0.05) is 10.9 Å². The number of hydrogen-bond donors (Lipinski definition) is 0. The topological polar surface area (TPSA) is 70.4 Å². The zero-order chi connectivity index (χ0) is 17.1. The van der Waals surface area contributed by atoms with Crippen LogP contribution < -0.4 is 10.3 Å². The molecule has 0 aliphatic heterocycles. The number of methoxy groups -OCH3 is 2. The molecule has 0 bridgehead atoms. The number of ether oxygens (including phenoxy) is 2. The van der Waals surface area contributed by atoms with E-state index in [9.17, 15) is 9.59 Å². The van der Waals surface area contributed by atoms with Gasteiger partial charge in [0.2, 0.25) is 0 Å². The lowest BCUT2D eigenvalue weighted by Gasteiger charge is -2.11. The number of benzene rings is 2. The minimum atomic E-state index is -0.527. The van der Waals surface area contributed by atoms with Crippen molar-refractivity contribution < 1.29 is 14.3 Å². The van der Waals surface area contributed by atoms with E-state index in [4.69, 9.17) is 4.74 Å². The fourth-order valence-corrected chi connectivity index (χ4v) is 2.49. The normalized spacial score (nSPS) is 10.6. The van der Waals surface area contributed by atoms with Crippen LogP contribution in [0.4, 0.5) is 0 Å². The van der Waals surface area contributed by atoms with Crippen molar-refractivity contribution in [2.75, 3.05) is 14.2 Å². The molecule has 0 spiro atoms. The first-order valence-electron chi connectivity index (χ1n) is 7.35. The lowest BCUT2D eigenvalue weighted by Crippen LogP contribution is -2.28. The summed E-state index contributed by atoms with van der Waals surface area (Å²) in [4.78, 5) is 24.1. The van der Waals surface area contributed by atoms with Crippen molar-refractivity contribution >= 4 is 16.7 Å². The fourth-order valence-electron chi connectivity index (χ4n) is 2.49. The lowest BCUT2D eigenvalue weighted by atomic mass is 10.0. The third kappa shape index (κ3) is 2.86. The van der Waals surface area contributed by atoms with Crippen molar-refractivity contribution in [2.24, 2.45) is 0 Å². The lowest BCUT2D eigenvalue weighted by molar-refractivity contribution is -0.141. The van der Waals surface area contributed by atoms with Crippen molar-refractivity contribution in [3.63, 3.8) is 0 Å². The molecule has 0 atom stereocenters. The Balaban J connectivity index is 2.23. The van der Waals surface area contributed by atoms with Gasteiger partial charge in [-0.3, -0.25) is 9.59 Å². The smallest absolute Gasteiger partial charge is 0.327 e. The highest BCUT2D eigenvalue weighted by molar-refractivity contribution is 5.93. The molecule has 0 saturated heterocycles. The maximum Gasteiger partial charge on any atom is 0.327 e. The van der Waals surface area contributed by atoms with Gasteiger partial charge in [-0.2, -0.15) is 5.10 Å². The zero-order valence-electron chi connectivity index (χ0n) is 13.4. The van der Waals surface area contributed by atoms with E-state index in [-0.39, 0.29) is 12.1 Å². The van der Waals surface area contributed by atoms with Crippen LogP contribution in [0.1, 0.15) is 0 Å². The van der Waals surface area contributed by atoms with Crippen LogP contribution in [-0.2, 0) is 16.1 Å². The predicted octanol–water partition coefficient (Wildman–Crippen LogP) is 2.25. The van der Waals surface area contributed by atoms with Crippen LogP contribution >= 0.6 is 0 Å². The quantitative estimate of drug-likeness (QED) is 0.688. The third-order valence-corrected chi connectivity index (χ3v) is 3.74. The highest BCUT2D eigenvalue weighted by Gasteiger charge is 2.14. The molecule has 122 valence electrons. The maximum absolute atomic E-state index is 12.5. The van der Waals surface area contributed by atoms with Crippen LogP contribution in [0, 0.1) is 0 Å². The van der Waals surface area contributed by atoms with Crippen molar-refractivity contribution in [1.29, 1.82) is 0 Å². The first-order chi connectivity index (χ1) is 11.6. The average molecular weight is 324 g/mol. The number of nitrogens with zero attached hydrogens (tertiary/aromatic N) is 2. The molecule has 6 nitrogen and oxygen atoms in total. The summed E-state index contributed by atoms with van der Waals surface area (Å²) < 4.78 is 10.9. The molecule has 0 N–H and O–H groups in total. The van der Waals surface area contributed by atoms with Crippen molar-refractivity contribution in [1.82, 2.24) is 9.78 Å². The van der Waals surface area contributed by atoms with Gasteiger partial charge < -0.3 is 9.47 Å². The second-order valence-corrected chi connectivity index (χ2v) is 5.16. The summed E-state index contributed by atoms with van der Waals surface area (Å²) in [5, 5.41) is 5.61. The predicted molar refractivity (Wildman–Crippen MR) is 90.0 cm³/mol. The Morgan fingerprint density at radius 3 is 2.33 bits per heavy atom. The average Bonchev–Trinajstić information content (AvgIpc) is 2.64. The number of rotatable bonds is 4. The summed E-state index contributed by atoms with van der Waals surface area (Å²) in [7, 11) is 2.87. The molecule has 6 heteroatoms.